The monoisotopic (exact) mass is 494 g/mol. The van der Waals surface area contributed by atoms with E-state index in [0.717, 1.165) is 10.5 Å². The second-order valence-corrected chi connectivity index (χ2v) is 8.90. The molecule has 1 aromatic heterocycles. The average molecular weight is 495 g/mol. The summed E-state index contributed by atoms with van der Waals surface area (Å²) in [7, 11) is 0. The van der Waals surface area contributed by atoms with Crippen LogP contribution in [0.3, 0.4) is 0 Å². The second-order valence-electron chi connectivity index (χ2n) is 7.31. The van der Waals surface area contributed by atoms with E-state index in [1.807, 2.05) is 31.2 Å². The number of anilines is 1. The molecule has 0 aliphatic rings. The highest BCUT2D eigenvalue weighted by Crippen LogP contribution is 2.33. The van der Waals surface area contributed by atoms with Gasteiger partial charge in [0.2, 0.25) is 0 Å². The predicted octanol–water partition coefficient (Wildman–Crippen LogP) is 6.19. The molecular formula is C24H19ClN4O4S. The molecule has 0 atom stereocenters. The summed E-state index contributed by atoms with van der Waals surface area (Å²) in [4.78, 5) is 25.2. The van der Waals surface area contributed by atoms with Crippen LogP contribution in [0.2, 0.25) is 5.02 Å². The topological polar surface area (TPSA) is 99.3 Å². The minimum absolute atomic E-state index is 0.0851. The fraction of sp³-hybridized carbons (Fsp3) is 0.0833. The molecule has 0 aliphatic carbocycles. The number of nitrogens with one attached hydrogen (secondary N) is 1. The largest absolute Gasteiger partial charge is 0.471 e. The highest BCUT2D eigenvalue weighted by atomic mass is 35.5. The summed E-state index contributed by atoms with van der Waals surface area (Å²) >= 11 is 7.32. The number of carbonyl (C=O) groups excluding carboxylic acids is 1. The van der Waals surface area contributed by atoms with Gasteiger partial charge in [-0.2, -0.15) is 5.10 Å². The van der Waals surface area contributed by atoms with Crippen molar-refractivity contribution >= 4 is 40.6 Å². The number of ether oxygens (including phenoxy) is 1. The summed E-state index contributed by atoms with van der Waals surface area (Å²) < 4.78 is 7.07. The third-order valence-corrected chi connectivity index (χ3v) is 5.86. The zero-order chi connectivity index (χ0) is 24.1. The lowest BCUT2D eigenvalue weighted by Gasteiger charge is -2.08. The van der Waals surface area contributed by atoms with Gasteiger partial charge in [-0.05, 0) is 49.4 Å². The lowest BCUT2D eigenvalue weighted by molar-refractivity contribution is -0.385. The normalized spacial score (nSPS) is 10.6. The van der Waals surface area contributed by atoms with E-state index in [-0.39, 0.29) is 18.1 Å². The van der Waals surface area contributed by atoms with E-state index in [1.165, 1.54) is 34.6 Å². The van der Waals surface area contributed by atoms with Gasteiger partial charge in [0, 0.05) is 38.8 Å². The van der Waals surface area contributed by atoms with Crippen LogP contribution >= 0.6 is 23.4 Å². The lowest BCUT2D eigenvalue weighted by Crippen LogP contribution is -2.14. The Morgan fingerprint density at radius 1 is 1.12 bits per heavy atom. The van der Waals surface area contributed by atoms with Gasteiger partial charge in [0.1, 0.15) is 5.75 Å². The first-order valence-corrected chi connectivity index (χ1v) is 11.3. The molecule has 34 heavy (non-hydrogen) atoms. The van der Waals surface area contributed by atoms with Crippen molar-refractivity contribution < 1.29 is 14.5 Å². The SMILES string of the molecule is Cc1ccc(Sc2cc(NC(=O)c3ccn(COc4cccc(Cl)c4)n3)cc([N+](=O)[O-])c2)cc1. The van der Waals surface area contributed by atoms with Gasteiger partial charge in [-0.3, -0.25) is 14.9 Å². The van der Waals surface area contributed by atoms with Gasteiger partial charge in [-0.15, -0.1) is 0 Å². The molecule has 1 heterocycles. The van der Waals surface area contributed by atoms with Gasteiger partial charge < -0.3 is 10.1 Å². The third-order valence-electron chi connectivity index (χ3n) is 4.65. The van der Waals surface area contributed by atoms with Gasteiger partial charge in [-0.1, -0.05) is 47.1 Å². The molecule has 0 saturated carbocycles. The van der Waals surface area contributed by atoms with Crippen molar-refractivity contribution in [3.8, 4) is 5.75 Å². The number of non-ortho nitro benzene ring substituents is 1. The van der Waals surface area contributed by atoms with E-state index < -0.39 is 10.8 Å². The quantitative estimate of drug-likeness (QED) is 0.231. The molecule has 1 amide bonds. The van der Waals surface area contributed by atoms with Gasteiger partial charge in [0.25, 0.3) is 11.6 Å². The molecule has 0 saturated heterocycles. The predicted molar refractivity (Wildman–Crippen MR) is 131 cm³/mol. The second kappa shape index (κ2) is 10.4. The molecule has 0 spiro atoms. The van der Waals surface area contributed by atoms with Crippen LogP contribution in [0, 0.1) is 17.0 Å². The Morgan fingerprint density at radius 3 is 2.65 bits per heavy atom. The molecule has 4 aromatic rings. The molecule has 0 unspecified atom stereocenters. The number of amides is 1. The number of nitrogens with zero attached hydrogens (tertiary/aromatic N) is 3. The molecule has 0 aliphatic heterocycles. The number of halogens is 1. The number of aryl methyl sites for hydroxylation is 1. The summed E-state index contributed by atoms with van der Waals surface area (Å²) in [5, 5.41) is 18.9. The van der Waals surface area contributed by atoms with Crippen LogP contribution in [-0.4, -0.2) is 20.6 Å². The van der Waals surface area contributed by atoms with Crippen LogP contribution < -0.4 is 10.1 Å². The minimum Gasteiger partial charge on any atom is -0.471 e. The molecule has 1 N–H and O–H groups in total. The maximum absolute atomic E-state index is 12.7. The van der Waals surface area contributed by atoms with E-state index in [0.29, 0.717) is 21.4 Å². The number of hydrogen-bond acceptors (Lipinski definition) is 6. The van der Waals surface area contributed by atoms with Crippen LogP contribution in [0.15, 0.2) is 88.8 Å². The van der Waals surface area contributed by atoms with Gasteiger partial charge >= 0.3 is 0 Å². The average Bonchev–Trinajstić information content (AvgIpc) is 3.28. The summed E-state index contributed by atoms with van der Waals surface area (Å²) in [6.45, 7) is 2.07. The van der Waals surface area contributed by atoms with E-state index >= 15 is 0 Å². The summed E-state index contributed by atoms with van der Waals surface area (Å²) in [6, 6.07) is 20.8. The van der Waals surface area contributed by atoms with Crippen LogP contribution in [0.1, 0.15) is 16.1 Å². The lowest BCUT2D eigenvalue weighted by atomic mass is 10.2. The number of benzene rings is 3. The molecule has 3 aromatic carbocycles. The first-order valence-electron chi connectivity index (χ1n) is 10.1. The Morgan fingerprint density at radius 2 is 1.91 bits per heavy atom. The Hall–Kier alpha value is -3.82. The molecule has 4 rings (SSSR count). The maximum Gasteiger partial charge on any atom is 0.276 e. The van der Waals surface area contributed by atoms with E-state index in [1.54, 1.807) is 36.5 Å². The first-order chi connectivity index (χ1) is 16.4. The Balaban J connectivity index is 1.46. The van der Waals surface area contributed by atoms with Crippen LogP contribution in [-0.2, 0) is 6.73 Å². The molecule has 10 heteroatoms. The Labute approximate surface area is 204 Å². The van der Waals surface area contributed by atoms with Crippen molar-refractivity contribution in [2.45, 2.75) is 23.4 Å². The molecule has 8 nitrogen and oxygen atoms in total. The van der Waals surface area contributed by atoms with Crippen molar-refractivity contribution in [1.29, 1.82) is 0 Å². The zero-order valence-corrected chi connectivity index (χ0v) is 19.5. The van der Waals surface area contributed by atoms with Crippen LogP contribution in [0.25, 0.3) is 0 Å². The van der Waals surface area contributed by atoms with Crippen molar-refractivity contribution in [3.05, 3.63) is 105 Å². The molecule has 0 radical (unpaired) electrons. The van der Waals surface area contributed by atoms with Crippen molar-refractivity contribution in [1.82, 2.24) is 9.78 Å². The summed E-state index contributed by atoms with van der Waals surface area (Å²) in [5.41, 5.74) is 1.45. The molecule has 172 valence electrons. The standard InChI is InChI=1S/C24H19ClN4O4S/c1-16-5-7-21(8-6-16)34-22-13-18(12-19(14-22)29(31)32)26-24(30)23-9-10-28(27-23)15-33-20-4-2-3-17(25)11-20/h2-14H,15H2,1H3,(H,26,30). The van der Waals surface area contributed by atoms with E-state index in [2.05, 4.69) is 10.4 Å². The van der Waals surface area contributed by atoms with Crippen LogP contribution in [0.4, 0.5) is 11.4 Å². The highest BCUT2D eigenvalue weighted by Gasteiger charge is 2.15. The Bertz CT molecular complexity index is 1340. The summed E-state index contributed by atoms with van der Waals surface area (Å²) in [6.07, 6.45) is 1.60. The van der Waals surface area contributed by atoms with E-state index in [4.69, 9.17) is 16.3 Å². The fourth-order valence-electron chi connectivity index (χ4n) is 3.01. The Kier molecular flexibility index (Phi) is 7.15. The van der Waals surface area contributed by atoms with Gasteiger partial charge in [-0.25, -0.2) is 4.68 Å². The summed E-state index contributed by atoms with van der Waals surface area (Å²) in [5.74, 6) is 0.0810. The number of rotatable bonds is 8. The number of carbonyl (C=O) groups is 1. The first kappa shape index (κ1) is 23.3. The molecule has 0 bridgehead atoms. The van der Waals surface area contributed by atoms with Gasteiger partial charge in [0.15, 0.2) is 12.4 Å². The smallest absolute Gasteiger partial charge is 0.276 e. The zero-order valence-electron chi connectivity index (χ0n) is 18.0. The van der Waals surface area contributed by atoms with Crippen molar-refractivity contribution in [3.63, 3.8) is 0 Å². The third kappa shape index (κ3) is 6.15. The van der Waals surface area contributed by atoms with Crippen LogP contribution in [0.5, 0.6) is 5.75 Å². The number of hydrogen-bond donors (Lipinski definition) is 1. The number of aromatic nitrogens is 2. The van der Waals surface area contributed by atoms with E-state index in [9.17, 15) is 14.9 Å². The minimum atomic E-state index is -0.492. The van der Waals surface area contributed by atoms with Crippen molar-refractivity contribution in [2.24, 2.45) is 0 Å². The molecular weight excluding hydrogens is 476 g/mol. The number of nitro groups is 1. The highest BCUT2D eigenvalue weighted by molar-refractivity contribution is 7.99. The fourth-order valence-corrected chi connectivity index (χ4v) is 4.10. The maximum atomic E-state index is 12.7. The molecule has 0 fully saturated rings. The number of nitro benzene ring substituents is 1. The van der Waals surface area contributed by atoms with Gasteiger partial charge in [0.05, 0.1) is 4.92 Å². The van der Waals surface area contributed by atoms with Crippen molar-refractivity contribution in [2.75, 3.05) is 5.32 Å².